The number of carboxylic acids is 1. The van der Waals surface area contributed by atoms with Crippen molar-refractivity contribution < 1.29 is 41.4 Å². The first kappa shape index (κ1) is 27.3. The normalized spacial score (nSPS) is 13.9. The molecular weight excluding hydrogens is 441 g/mol. The standard InChI is InChI=1S/C18H25F2N3O2.C2HF3O2/c1-13(2)12-23(8-5-17(24)22-9-6-21-7-10-22)18(25)14-3-4-15(19)16(20)11-14;3-2(4,5)1(6)7/h3-4,11,13,21H,5-10,12H2,1-2H3;(H,6,7). The number of hydrogen-bond acceptors (Lipinski definition) is 4. The number of amides is 2. The van der Waals surface area contributed by atoms with Crippen molar-refractivity contribution in [3.05, 3.63) is 35.4 Å². The van der Waals surface area contributed by atoms with Crippen LogP contribution in [0.25, 0.3) is 0 Å². The Morgan fingerprint density at radius 3 is 2.16 bits per heavy atom. The Kier molecular flexibility index (Phi) is 10.5. The minimum Gasteiger partial charge on any atom is -0.475 e. The number of aliphatic carboxylic acids is 1. The van der Waals surface area contributed by atoms with Gasteiger partial charge in [0.15, 0.2) is 11.6 Å². The molecule has 0 aromatic heterocycles. The Balaban J connectivity index is 0.000000633. The quantitative estimate of drug-likeness (QED) is 0.628. The van der Waals surface area contributed by atoms with Gasteiger partial charge in [-0.3, -0.25) is 9.59 Å². The lowest BCUT2D eigenvalue weighted by molar-refractivity contribution is -0.192. The summed E-state index contributed by atoms with van der Waals surface area (Å²) in [6.07, 6.45) is -4.86. The summed E-state index contributed by atoms with van der Waals surface area (Å²) < 4.78 is 58.2. The van der Waals surface area contributed by atoms with E-state index in [2.05, 4.69) is 5.32 Å². The zero-order valence-electron chi connectivity index (χ0n) is 17.7. The molecule has 1 aromatic rings. The van der Waals surface area contributed by atoms with E-state index in [0.717, 1.165) is 25.2 Å². The number of nitrogens with zero attached hydrogens (tertiary/aromatic N) is 2. The molecule has 0 unspecified atom stereocenters. The van der Waals surface area contributed by atoms with Crippen LogP contribution >= 0.6 is 0 Å². The molecule has 0 saturated carbocycles. The molecule has 0 atom stereocenters. The highest BCUT2D eigenvalue weighted by Gasteiger charge is 2.38. The van der Waals surface area contributed by atoms with Gasteiger partial charge in [0, 0.05) is 51.3 Å². The molecule has 0 aliphatic carbocycles. The maximum Gasteiger partial charge on any atom is 0.490 e. The van der Waals surface area contributed by atoms with Crippen LogP contribution in [0.2, 0.25) is 0 Å². The summed E-state index contributed by atoms with van der Waals surface area (Å²) in [6.45, 7) is 7.52. The summed E-state index contributed by atoms with van der Waals surface area (Å²) in [6, 6.07) is 3.12. The molecule has 1 aliphatic heterocycles. The van der Waals surface area contributed by atoms with Gasteiger partial charge in [-0.15, -0.1) is 0 Å². The lowest BCUT2D eigenvalue weighted by atomic mass is 10.1. The van der Waals surface area contributed by atoms with Gasteiger partial charge in [0.1, 0.15) is 0 Å². The number of rotatable bonds is 6. The molecule has 1 aromatic carbocycles. The summed E-state index contributed by atoms with van der Waals surface area (Å²) in [5.74, 6) is -4.97. The molecule has 0 spiro atoms. The Labute approximate surface area is 182 Å². The van der Waals surface area contributed by atoms with Gasteiger partial charge in [-0.25, -0.2) is 13.6 Å². The second-order valence-corrected chi connectivity index (χ2v) is 7.46. The third-order valence-electron chi connectivity index (χ3n) is 4.35. The van der Waals surface area contributed by atoms with E-state index in [0.29, 0.717) is 19.6 Å². The van der Waals surface area contributed by atoms with E-state index in [-0.39, 0.29) is 36.3 Å². The highest BCUT2D eigenvalue weighted by atomic mass is 19.4. The summed E-state index contributed by atoms with van der Waals surface area (Å²) >= 11 is 0. The van der Waals surface area contributed by atoms with Crippen molar-refractivity contribution in [2.45, 2.75) is 26.4 Å². The number of piperazine rings is 1. The Hall–Kier alpha value is -2.76. The number of hydrogen-bond donors (Lipinski definition) is 2. The fourth-order valence-corrected chi connectivity index (χ4v) is 2.83. The second-order valence-electron chi connectivity index (χ2n) is 7.46. The van der Waals surface area contributed by atoms with Crippen LogP contribution < -0.4 is 5.32 Å². The first-order valence-electron chi connectivity index (χ1n) is 9.85. The number of carbonyl (C=O) groups excluding carboxylic acids is 2. The highest BCUT2D eigenvalue weighted by Crippen LogP contribution is 2.14. The van der Waals surface area contributed by atoms with Gasteiger partial charge in [-0.05, 0) is 24.1 Å². The average Bonchev–Trinajstić information content (AvgIpc) is 2.72. The van der Waals surface area contributed by atoms with Gasteiger partial charge in [0.2, 0.25) is 5.91 Å². The van der Waals surface area contributed by atoms with Gasteiger partial charge in [-0.1, -0.05) is 13.8 Å². The van der Waals surface area contributed by atoms with Crippen molar-refractivity contribution in [3.8, 4) is 0 Å². The molecule has 2 N–H and O–H groups in total. The van der Waals surface area contributed by atoms with Crippen LogP contribution in [0, 0.1) is 17.6 Å². The van der Waals surface area contributed by atoms with Crippen molar-refractivity contribution in [3.63, 3.8) is 0 Å². The van der Waals surface area contributed by atoms with Gasteiger partial charge in [0.05, 0.1) is 0 Å². The van der Waals surface area contributed by atoms with E-state index in [9.17, 15) is 31.5 Å². The number of benzene rings is 1. The lowest BCUT2D eigenvalue weighted by Crippen LogP contribution is -2.47. The van der Waals surface area contributed by atoms with E-state index < -0.39 is 23.8 Å². The summed E-state index contributed by atoms with van der Waals surface area (Å²) in [5, 5.41) is 10.3. The zero-order chi connectivity index (χ0) is 24.5. The van der Waals surface area contributed by atoms with Crippen LogP contribution in [0.1, 0.15) is 30.6 Å². The van der Waals surface area contributed by atoms with Crippen LogP contribution in [0.15, 0.2) is 18.2 Å². The largest absolute Gasteiger partial charge is 0.490 e. The van der Waals surface area contributed by atoms with Crippen LogP contribution in [-0.4, -0.2) is 78.1 Å². The topological polar surface area (TPSA) is 90.0 Å². The maximum absolute atomic E-state index is 13.4. The molecule has 2 rings (SSSR count). The van der Waals surface area contributed by atoms with Gasteiger partial charge >= 0.3 is 12.1 Å². The molecule has 1 fully saturated rings. The predicted octanol–water partition coefficient (Wildman–Crippen LogP) is 2.52. The van der Waals surface area contributed by atoms with Crippen molar-refractivity contribution in [2.24, 2.45) is 5.92 Å². The third kappa shape index (κ3) is 9.16. The molecule has 0 radical (unpaired) electrons. The van der Waals surface area contributed by atoms with E-state index in [1.165, 1.54) is 11.0 Å². The third-order valence-corrected chi connectivity index (χ3v) is 4.35. The lowest BCUT2D eigenvalue weighted by Gasteiger charge is -2.29. The van der Waals surface area contributed by atoms with E-state index in [1.54, 1.807) is 4.90 Å². The average molecular weight is 467 g/mol. The van der Waals surface area contributed by atoms with E-state index in [4.69, 9.17) is 9.90 Å². The Morgan fingerprint density at radius 1 is 1.12 bits per heavy atom. The fourth-order valence-electron chi connectivity index (χ4n) is 2.83. The number of halogens is 5. The first-order valence-corrected chi connectivity index (χ1v) is 9.85. The van der Waals surface area contributed by atoms with Crippen molar-refractivity contribution >= 4 is 17.8 Å². The monoisotopic (exact) mass is 467 g/mol. The number of alkyl halides is 3. The van der Waals surface area contributed by atoms with Crippen molar-refractivity contribution in [1.29, 1.82) is 0 Å². The van der Waals surface area contributed by atoms with Crippen LogP contribution in [0.5, 0.6) is 0 Å². The second kappa shape index (κ2) is 12.3. The maximum atomic E-state index is 13.4. The van der Waals surface area contributed by atoms with Crippen molar-refractivity contribution in [2.75, 3.05) is 39.3 Å². The fraction of sp³-hybridized carbons (Fsp3) is 0.550. The minimum atomic E-state index is -5.08. The van der Waals surface area contributed by atoms with E-state index >= 15 is 0 Å². The summed E-state index contributed by atoms with van der Waals surface area (Å²) in [7, 11) is 0. The molecule has 2 amide bonds. The molecular formula is C20H26F5N3O4. The first-order chi connectivity index (χ1) is 14.8. The van der Waals surface area contributed by atoms with Gasteiger partial charge in [0.25, 0.3) is 5.91 Å². The van der Waals surface area contributed by atoms with Crippen LogP contribution in [-0.2, 0) is 9.59 Å². The predicted molar refractivity (Wildman–Crippen MR) is 105 cm³/mol. The zero-order valence-corrected chi connectivity index (χ0v) is 17.7. The number of carbonyl (C=O) groups is 3. The molecule has 180 valence electrons. The number of carboxylic acid groups (broad SMARTS) is 1. The number of nitrogens with one attached hydrogen (secondary N) is 1. The molecule has 1 heterocycles. The molecule has 12 heteroatoms. The van der Waals surface area contributed by atoms with Gasteiger partial charge in [-0.2, -0.15) is 13.2 Å². The van der Waals surface area contributed by atoms with E-state index in [1.807, 2.05) is 13.8 Å². The molecule has 0 bridgehead atoms. The Morgan fingerprint density at radius 2 is 1.69 bits per heavy atom. The molecule has 32 heavy (non-hydrogen) atoms. The highest BCUT2D eigenvalue weighted by molar-refractivity contribution is 5.94. The SMILES string of the molecule is CC(C)CN(CCC(=O)N1CCNCC1)C(=O)c1ccc(F)c(F)c1.O=C(O)C(F)(F)F. The smallest absolute Gasteiger partial charge is 0.475 e. The summed E-state index contributed by atoms with van der Waals surface area (Å²) in [5.41, 5.74) is 0.0918. The minimum absolute atomic E-state index is 0.00772. The molecule has 7 nitrogen and oxygen atoms in total. The summed E-state index contributed by atoms with van der Waals surface area (Å²) in [4.78, 5) is 37.2. The Bertz CT molecular complexity index is 796. The van der Waals surface area contributed by atoms with Crippen LogP contribution in [0.4, 0.5) is 22.0 Å². The van der Waals surface area contributed by atoms with Crippen molar-refractivity contribution in [1.82, 2.24) is 15.1 Å². The van der Waals surface area contributed by atoms with Gasteiger partial charge < -0.3 is 20.2 Å². The molecule has 1 aliphatic rings. The van der Waals surface area contributed by atoms with Crippen LogP contribution in [0.3, 0.4) is 0 Å². The molecule has 1 saturated heterocycles.